The lowest BCUT2D eigenvalue weighted by molar-refractivity contribution is -0.143. The van der Waals surface area contributed by atoms with Crippen molar-refractivity contribution in [2.45, 2.75) is 27.7 Å². The Labute approximate surface area is 160 Å². The predicted molar refractivity (Wildman–Crippen MR) is 93.6 cm³/mol. The maximum absolute atomic E-state index is 12.7. The van der Waals surface area contributed by atoms with E-state index in [9.17, 15) is 26.4 Å². The molecular formula is C15H12F3N5O3S2. The minimum atomic E-state index is -4.62. The second-order valence-electron chi connectivity index (χ2n) is 5.65. The van der Waals surface area contributed by atoms with Crippen molar-refractivity contribution in [3.8, 4) is 11.1 Å². The topological polar surface area (TPSA) is 111 Å². The van der Waals surface area contributed by atoms with Crippen molar-refractivity contribution in [3.05, 3.63) is 47.1 Å². The lowest BCUT2D eigenvalue weighted by Gasteiger charge is -2.12. The Bertz CT molecular complexity index is 1140. The zero-order valence-electron chi connectivity index (χ0n) is 14.1. The van der Waals surface area contributed by atoms with Crippen molar-refractivity contribution in [2.24, 2.45) is 0 Å². The summed E-state index contributed by atoms with van der Waals surface area (Å²) in [6.45, 7) is -1.54. The number of aromatic nitrogens is 5. The van der Waals surface area contributed by atoms with Gasteiger partial charge in [0, 0.05) is 11.8 Å². The number of rotatable bonds is 5. The average molecular weight is 431 g/mol. The van der Waals surface area contributed by atoms with E-state index < -0.39 is 28.1 Å². The Morgan fingerprint density at radius 3 is 2.43 bits per heavy atom. The van der Waals surface area contributed by atoms with Gasteiger partial charge in [-0.1, -0.05) is 12.1 Å². The van der Waals surface area contributed by atoms with E-state index in [1.807, 2.05) is 0 Å². The van der Waals surface area contributed by atoms with Crippen molar-refractivity contribution in [1.82, 2.24) is 25.0 Å². The van der Waals surface area contributed by atoms with Crippen LogP contribution < -0.4 is 5.56 Å². The van der Waals surface area contributed by atoms with Crippen LogP contribution in [-0.2, 0) is 16.4 Å². The normalized spacial score (nSPS) is 12.3. The van der Waals surface area contributed by atoms with E-state index in [1.165, 1.54) is 30.6 Å². The van der Waals surface area contributed by atoms with Gasteiger partial charge in [-0.05, 0) is 29.5 Å². The number of alkyl halides is 3. The second-order valence-corrected chi connectivity index (χ2v) is 8.64. The summed E-state index contributed by atoms with van der Waals surface area (Å²) in [7, 11) is -3.42. The fourth-order valence-corrected chi connectivity index (χ4v) is 3.77. The molecule has 2 aromatic heterocycles. The molecule has 0 saturated heterocycles. The van der Waals surface area contributed by atoms with Crippen LogP contribution in [0.4, 0.5) is 13.2 Å². The Hall–Kier alpha value is -2.67. The van der Waals surface area contributed by atoms with Crippen molar-refractivity contribution < 1.29 is 21.6 Å². The first kappa shape index (κ1) is 20.1. The largest absolute Gasteiger partial charge is 0.408 e. The SMILES string of the molecule is CS(=O)(=O)c1ccc(-c2cnn(CC(F)(F)F)c(=O)c2Sc2nc[nH]n2)cc1. The molecule has 0 aliphatic rings. The minimum Gasteiger partial charge on any atom is -0.266 e. The van der Waals surface area contributed by atoms with Crippen molar-refractivity contribution >= 4 is 21.6 Å². The van der Waals surface area contributed by atoms with Crippen molar-refractivity contribution in [1.29, 1.82) is 0 Å². The molecule has 28 heavy (non-hydrogen) atoms. The van der Waals surface area contributed by atoms with E-state index >= 15 is 0 Å². The number of sulfone groups is 1. The van der Waals surface area contributed by atoms with Gasteiger partial charge in [0.2, 0.25) is 5.16 Å². The molecule has 148 valence electrons. The molecule has 0 amide bonds. The van der Waals surface area contributed by atoms with Gasteiger partial charge in [-0.2, -0.15) is 18.3 Å². The van der Waals surface area contributed by atoms with Crippen LogP contribution in [0.15, 0.2) is 56.5 Å². The highest BCUT2D eigenvalue weighted by Crippen LogP contribution is 2.32. The quantitative estimate of drug-likeness (QED) is 0.659. The number of nitrogens with one attached hydrogen (secondary N) is 1. The van der Waals surface area contributed by atoms with Crippen LogP contribution >= 0.6 is 11.8 Å². The molecule has 13 heteroatoms. The molecule has 0 unspecified atom stereocenters. The number of halogens is 3. The van der Waals surface area contributed by atoms with Crippen LogP contribution in [0.1, 0.15) is 0 Å². The molecule has 0 fully saturated rings. The summed E-state index contributed by atoms with van der Waals surface area (Å²) >= 11 is 0.780. The van der Waals surface area contributed by atoms with Gasteiger partial charge in [0.15, 0.2) is 9.84 Å². The van der Waals surface area contributed by atoms with Gasteiger partial charge in [-0.15, -0.1) is 5.10 Å². The zero-order chi connectivity index (χ0) is 20.5. The van der Waals surface area contributed by atoms with Crippen molar-refractivity contribution in [3.63, 3.8) is 0 Å². The molecule has 0 radical (unpaired) electrons. The van der Waals surface area contributed by atoms with Crippen molar-refractivity contribution in [2.75, 3.05) is 6.26 Å². The molecule has 0 spiro atoms. The van der Waals surface area contributed by atoms with E-state index in [2.05, 4.69) is 20.3 Å². The summed E-state index contributed by atoms with van der Waals surface area (Å²) in [4.78, 5) is 16.5. The first-order chi connectivity index (χ1) is 13.0. The smallest absolute Gasteiger partial charge is 0.266 e. The molecular weight excluding hydrogens is 419 g/mol. The Kier molecular flexibility index (Phi) is 5.30. The van der Waals surface area contributed by atoms with Gasteiger partial charge < -0.3 is 0 Å². The lowest BCUT2D eigenvalue weighted by atomic mass is 10.1. The molecule has 3 aromatic rings. The molecule has 1 N–H and O–H groups in total. The lowest BCUT2D eigenvalue weighted by Crippen LogP contribution is -2.31. The van der Waals surface area contributed by atoms with Crippen LogP contribution in [0.5, 0.6) is 0 Å². The van der Waals surface area contributed by atoms with Crippen LogP contribution in [-0.4, -0.2) is 45.8 Å². The number of aromatic amines is 1. The molecule has 0 saturated carbocycles. The molecule has 1 aromatic carbocycles. The maximum Gasteiger partial charge on any atom is 0.408 e. The number of hydrogen-bond donors (Lipinski definition) is 1. The maximum atomic E-state index is 12.7. The summed E-state index contributed by atoms with van der Waals surface area (Å²) in [6.07, 6.45) is -1.19. The highest BCUT2D eigenvalue weighted by Gasteiger charge is 2.30. The first-order valence-electron chi connectivity index (χ1n) is 7.55. The monoisotopic (exact) mass is 431 g/mol. The summed E-state index contributed by atoms with van der Waals surface area (Å²) in [6, 6.07) is 5.58. The van der Waals surface area contributed by atoms with Gasteiger partial charge in [0.05, 0.1) is 16.0 Å². The van der Waals surface area contributed by atoms with Gasteiger partial charge in [0.25, 0.3) is 5.56 Å². The summed E-state index contributed by atoms with van der Waals surface area (Å²) < 4.78 is 61.6. The highest BCUT2D eigenvalue weighted by atomic mass is 32.2. The average Bonchev–Trinajstić information content (AvgIpc) is 3.10. The highest BCUT2D eigenvalue weighted by molar-refractivity contribution is 7.99. The molecule has 0 aliphatic heterocycles. The van der Waals surface area contributed by atoms with Gasteiger partial charge >= 0.3 is 6.18 Å². The predicted octanol–water partition coefficient (Wildman–Crippen LogP) is 2.15. The Morgan fingerprint density at radius 2 is 1.89 bits per heavy atom. The molecule has 0 aliphatic carbocycles. The molecule has 3 rings (SSSR count). The fourth-order valence-electron chi connectivity index (χ4n) is 2.28. The van der Waals surface area contributed by atoms with Crippen LogP contribution in [0.2, 0.25) is 0 Å². The Morgan fingerprint density at radius 1 is 1.21 bits per heavy atom. The molecule has 8 nitrogen and oxygen atoms in total. The summed E-state index contributed by atoms with van der Waals surface area (Å²) in [5, 5.41) is 9.99. The number of nitrogens with zero attached hydrogens (tertiary/aromatic N) is 4. The van der Waals surface area contributed by atoms with Gasteiger partial charge in [-0.3, -0.25) is 9.89 Å². The summed E-state index contributed by atoms with van der Waals surface area (Å²) in [5.41, 5.74) is -0.315. The van der Waals surface area contributed by atoms with E-state index in [0.717, 1.165) is 24.2 Å². The molecule has 0 bridgehead atoms. The first-order valence-corrected chi connectivity index (χ1v) is 10.3. The fraction of sp³-hybridized carbons (Fsp3) is 0.200. The standard InChI is InChI=1S/C15H12F3N5O3S2/c1-28(25,26)10-4-2-9(3-5-10)11-6-21-23(7-15(16,17)18)13(24)12(11)27-14-19-8-20-22-14/h2-6,8H,7H2,1H3,(H,19,20,22). The third kappa shape index (κ3) is 4.59. The molecule has 0 atom stereocenters. The zero-order valence-corrected chi connectivity index (χ0v) is 15.8. The number of benzene rings is 1. The van der Waals surface area contributed by atoms with Gasteiger partial charge in [0.1, 0.15) is 12.9 Å². The molecule has 2 heterocycles. The van der Waals surface area contributed by atoms with E-state index in [0.29, 0.717) is 10.2 Å². The van der Waals surface area contributed by atoms with Crippen LogP contribution in [0, 0.1) is 0 Å². The van der Waals surface area contributed by atoms with E-state index in [4.69, 9.17) is 0 Å². The third-order valence-corrected chi connectivity index (χ3v) is 5.61. The third-order valence-electron chi connectivity index (χ3n) is 3.51. The Balaban J connectivity index is 2.12. The van der Waals surface area contributed by atoms with Crippen LogP contribution in [0.3, 0.4) is 0 Å². The minimum absolute atomic E-state index is 0.0639. The summed E-state index contributed by atoms with van der Waals surface area (Å²) in [5.74, 6) is 0. The van der Waals surface area contributed by atoms with Crippen LogP contribution in [0.25, 0.3) is 11.1 Å². The number of H-pyrrole nitrogens is 1. The van der Waals surface area contributed by atoms with Gasteiger partial charge in [-0.25, -0.2) is 18.1 Å². The number of hydrogen-bond acceptors (Lipinski definition) is 7. The van der Waals surface area contributed by atoms with E-state index in [1.54, 1.807) is 0 Å². The second kappa shape index (κ2) is 7.39. The van der Waals surface area contributed by atoms with E-state index in [-0.39, 0.29) is 20.5 Å².